The lowest BCUT2D eigenvalue weighted by Gasteiger charge is -2.12. The van der Waals surface area contributed by atoms with Crippen LogP contribution >= 0.6 is 0 Å². The Morgan fingerprint density at radius 3 is 1.18 bits per heavy atom. The number of benzene rings is 2. The second-order valence-corrected chi connectivity index (χ2v) is 11.6. The summed E-state index contributed by atoms with van der Waals surface area (Å²) >= 11 is 0. The second-order valence-electron chi connectivity index (χ2n) is 11.6. The summed E-state index contributed by atoms with van der Waals surface area (Å²) in [5.41, 5.74) is 4.18. The number of rotatable bonds is 0. The van der Waals surface area contributed by atoms with E-state index >= 15 is 0 Å². The lowest BCUT2D eigenvalue weighted by molar-refractivity contribution is 0.0536. The van der Waals surface area contributed by atoms with Gasteiger partial charge in [-0.15, -0.1) is 0 Å². The Morgan fingerprint density at radius 2 is 0.909 bits per heavy atom. The Bertz CT molecular complexity index is 1020. The highest BCUT2D eigenvalue weighted by atomic mass is 19.3. The van der Waals surface area contributed by atoms with Crippen molar-refractivity contribution in [2.45, 2.75) is 147 Å². The van der Waals surface area contributed by atoms with Crippen molar-refractivity contribution in [3.63, 3.8) is 0 Å². The molecule has 2 aliphatic carbocycles. The van der Waals surface area contributed by atoms with Crippen LogP contribution in [-0.4, -0.2) is 11.8 Å². The molecule has 2 aliphatic rings. The Kier molecular flexibility index (Phi) is 26.6. The molecule has 0 saturated carbocycles. The molecule has 0 saturated heterocycles. The second kappa shape index (κ2) is 25.6. The van der Waals surface area contributed by atoms with Gasteiger partial charge < -0.3 is 0 Å². The van der Waals surface area contributed by atoms with Crippen LogP contribution in [0.3, 0.4) is 0 Å². The number of aryl methyl sites for hydroxylation is 2. The summed E-state index contributed by atoms with van der Waals surface area (Å²) in [6.07, 6.45) is 3.40. The van der Waals surface area contributed by atoms with Gasteiger partial charge in [0.05, 0.1) is 0 Å². The molecule has 0 amide bonds. The molecular weight excluding hydrogens is 556 g/mol. The summed E-state index contributed by atoms with van der Waals surface area (Å²) in [6, 6.07) is 15.0. The Labute approximate surface area is 269 Å². The van der Waals surface area contributed by atoms with E-state index in [1.54, 1.807) is 12.1 Å². The van der Waals surface area contributed by atoms with E-state index in [1.165, 1.54) is 6.42 Å². The molecule has 2 aromatic rings. The van der Waals surface area contributed by atoms with Gasteiger partial charge in [-0.05, 0) is 72.1 Å². The molecule has 0 aliphatic heterocycles. The maximum Gasteiger partial charge on any atom is 0.308 e. The van der Waals surface area contributed by atoms with E-state index in [1.807, 2.05) is 89.8 Å². The average Bonchev–Trinajstić information content (AvgIpc) is 2.97. The van der Waals surface area contributed by atoms with Crippen LogP contribution in [0.5, 0.6) is 0 Å². The first-order valence-electron chi connectivity index (χ1n) is 16.6. The van der Waals surface area contributed by atoms with E-state index in [0.29, 0.717) is 31.1 Å². The molecule has 44 heavy (non-hydrogen) atoms. The van der Waals surface area contributed by atoms with Gasteiger partial charge in [-0.1, -0.05) is 145 Å². The number of hydrogen-bond donors (Lipinski definition) is 0. The summed E-state index contributed by atoms with van der Waals surface area (Å²) in [5, 5.41) is 0. The fraction of sp³-hybridized carbons (Fsp3) is 0.600. The lowest BCUT2D eigenvalue weighted by Crippen LogP contribution is -2.14. The third-order valence-electron chi connectivity index (χ3n) is 5.73. The van der Waals surface area contributed by atoms with Crippen LogP contribution in [0.1, 0.15) is 144 Å². The summed E-state index contributed by atoms with van der Waals surface area (Å²) < 4.78 is 51.9. The first-order chi connectivity index (χ1) is 20.6. The molecular formula is C40H62F4. The largest absolute Gasteiger partial charge is 0.308 e. The van der Waals surface area contributed by atoms with Gasteiger partial charge in [-0.2, -0.15) is 17.6 Å². The first kappa shape index (κ1) is 45.7. The average molecular weight is 619 g/mol. The molecule has 0 spiro atoms. The van der Waals surface area contributed by atoms with Gasteiger partial charge in [0.1, 0.15) is 0 Å². The molecule has 0 aromatic heterocycles. The predicted octanol–water partition coefficient (Wildman–Crippen LogP) is 13.2. The van der Waals surface area contributed by atoms with Gasteiger partial charge >= 0.3 is 11.8 Å². The minimum Gasteiger partial charge on any atom is -0.192 e. The van der Waals surface area contributed by atoms with Gasteiger partial charge in [-0.25, -0.2) is 0 Å². The highest BCUT2D eigenvalue weighted by Crippen LogP contribution is 2.25. The number of fused-ring (bicyclic) bond motifs is 2. The standard InChI is InChI=1S/2C12H10F2.C6H14.C4H10.3C2H6/c2*13-12(14)8-3-6-10-4-1-2-5-11(10)7-9-12;1-5-6(2,3)4;1-4(2)3;3*1-2/h2*1-2,4-5H,3,6,8H2;5H2,1-4H3;4H,1-3H3;3*1-2H3. The number of hydrogen-bond acceptors (Lipinski definition) is 0. The van der Waals surface area contributed by atoms with Gasteiger partial charge in [0, 0.05) is 24.0 Å². The molecule has 0 atom stereocenters. The third kappa shape index (κ3) is 24.7. The number of alkyl halides is 4. The Morgan fingerprint density at radius 1 is 0.636 bits per heavy atom. The van der Waals surface area contributed by atoms with Crippen LogP contribution in [0, 0.1) is 35.0 Å². The first-order valence-corrected chi connectivity index (χ1v) is 16.6. The molecule has 0 fully saturated rings. The van der Waals surface area contributed by atoms with Crippen molar-refractivity contribution in [1.82, 2.24) is 0 Å². The Balaban J connectivity index is -0.000000524. The molecule has 0 radical (unpaired) electrons. The number of halogens is 4. The maximum absolute atomic E-state index is 13.0. The van der Waals surface area contributed by atoms with Crippen molar-refractivity contribution in [3.05, 3.63) is 70.8 Å². The molecule has 0 heterocycles. The van der Waals surface area contributed by atoms with Crippen molar-refractivity contribution in [1.29, 1.82) is 0 Å². The monoisotopic (exact) mass is 618 g/mol. The maximum atomic E-state index is 13.0. The molecule has 4 heteroatoms. The summed E-state index contributed by atoms with van der Waals surface area (Å²) in [7, 11) is 0. The summed E-state index contributed by atoms with van der Waals surface area (Å²) in [4.78, 5) is 0. The molecule has 2 aromatic carbocycles. The van der Waals surface area contributed by atoms with Crippen LogP contribution in [0.25, 0.3) is 0 Å². The van der Waals surface area contributed by atoms with E-state index in [-0.39, 0.29) is 12.8 Å². The van der Waals surface area contributed by atoms with Crippen LogP contribution in [-0.2, 0) is 12.8 Å². The minimum absolute atomic E-state index is 0.131. The van der Waals surface area contributed by atoms with Crippen LogP contribution in [0.15, 0.2) is 48.5 Å². The van der Waals surface area contributed by atoms with Crippen molar-refractivity contribution in [2.24, 2.45) is 11.3 Å². The highest BCUT2D eigenvalue weighted by molar-refractivity contribution is 5.44. The van der Waals surface area contributed by atoms with Crippen molar-refractivity contribution < 1.29 is 17.6 Å². The zero-order valence-electron chi connectivity index (χ0n) is 30.2. The molecule has 4 rings (SSSR count). The molecule has 0 N–H and O–H groups in total. The summed E-state index contributed by atoms with van der Waals surface area (Å²) in [5.74, 6) is 4.39. The molecule has 0 nitrogen and oxygen atoms in total. The van der Waals surface area contributed by atoms with Crippen molar-refractivity contribution in [3.8, 4) is 23.7 Å². The Hall–Kier alpha value is -2.72. The molecule has 0 unspecified atom stereocenters. The van der Waals surface area contributed by atoms with Crippen molar-refractivity contribution in [2.75, 3.05) is 0 Å². The minimum atomic E-state index is -2.81. The SMILES string of the molecule is CC.CC.CC.CC(C)C.CCC(C)(C)C.FC1(F)C#Cc2ccccc2CCC1.FC1(F)C#Cc2ccccc2CCC1. The van der Waals surface area contributed by atoms with E-state index in [0.717, 1.165) is 28.2 Å². The fourth-order valence-electron chi connectivity index (χ4n) is 3.16. The van der Waals surface area contributed by atoms with E-state index in [2.05, 4.69) is 60.3 Å². The van der Waals surface area contributed by atoms with E-state index in [4.69, 9.17) is 0 Å². The molecule has 0 bridgehead atoms. The molecule has 250 valence electrons. The van der Waals surface area contributed by atoms with E-state index < -0.39 is 11.8 Å². The van der Waals surface area contributed by atoms with Crippen LogP contribution in [0.4, 0.5) is 17.6 Å². The zero-order chi connectivity index (χ0) is 34.8. The lowest BCUT2D eigenvalue weighted by atomic mass is 9.94. The predicted molar refractivity (Wildman–Crippen MR) is 187 cm³/mol. The third-order valence-corrected chi connectivity index (χ3v) is 5.73. The van der Waals surface area contributed by atoms with Gasteiger partial charge in [0.2, 0.25) is 0 Å². The normalized spacial score (nSPS) is 14.6. The topological polar surface area (TPSA) is 0 Å². The van der Waals surface area contributed by atoms with Gasteiger partial charge in [0.25, 0.3) is 0 Å². The zero-order valence-corrected chi connectivity index (χ0v) is 30.2. The summed E-state index contributed by atoms with van der Waals surface area (Å²) in [6.45, 7) is 27.4. The van der Waals surface area contributed by atoms with Crippen LogP contribution in [0.2, 0.25) is 0 Å². The smallest absolute Gasteiger partial charge is 0.192 e. The highest BCUT2D eigenvalue weighted by Gasteiger charge is 2.27. The van der Waals surface area contributed by atoms with Gasteiger partial charge in [0.15, 0.2) is 0 Å². The quantitative estimate of drug-likeness (QED) is 0.204. The van der Waals surface area contributed by atoms with E-state index in [9.17, 15) is 17.6 Å². The van der Waals surface area contributed by atoms with Gasteiger partial charge in [-0.3, -0.25) is 0 Å². The van der Waals surface area contributed by atoms with Crippen molar-refractivity contribution >= 4 is 0 Å². The fourth-order valence-corrected chi connectivity index (χ4v) is 3.16. The van der Waals surface area contributed by atoms with Crippen LogP contribution < -0.4 is 0 Å².